The highest BCUT2D eigenvalue weighted by molar-refractivity contribution is 7.16. The maximum atomic E-state index is 11.9. The molecule has 0 spiro atoms. The Morgan fingerprint density at radius 1 is 1.65 bits per heavy atom. The second-order valence-electron chi connectivity index (χ2n) is 4.74. The zero-order valence-electron chi connectivity index (χ0n) is 9.70. The van der Waals surface area contributed by atoms with E-state index >= 15 is 0 Å². The fourth-order valence-corrected chi connectivity index (χ4v) is 2.80. The number of thiophene rings is 1. The Balaban J connectivity index is 1.87. The Morgan fingerprint density at radius 3 is 2.82 bits per heavy atom. The Bertz CT molecular complexity index is 414. The van der Waals surface area contributed by atoms with E-state index in [-0.39, 0.29) is 23.8 Å². The Labute approximate surface area is 110 Å². The first kappa shape index (κ1) is 12.9. The Hall–Kier alpha value is -0.580. The van der Waals surface area contributed by atoms with E-state index in [1.165, 1.54) is 11.3 Å². The van der Waals surface area contributed by atoms with E-state index in [2.05, 4.69) is 5.32 Å². The van der Waals surface area contributed by atoms with Crippen LogP contribution in [-0.2, 0) is 4.79 Å². The first-order valence-corrected chi connectivity index (χ1v) is 6.90. The van der Waals surface area contributed by atoms with Crippen molar-refractivity contribution in [3.8, 4) is 0 Å². The summed E-state index contributed by atoms with van der Waals surface area (Å²) in [5, 5.41) is 12.1. The fourth-order valence-electron chi connectivity index (χ4n) is 1.69. The molecule has 1 aromatic rings. The fraction of sp³-hybridized carbons (Fsp3) is 0.583. The maximum absolute atomic E-state index is 11.9. The van der Waals surface area contributed by atoms with Crippen molar-refractivity contribution in [1.82, 2.24) is 5.32 Å². The Morgan fingerprint density at radius 2 is 2.35 bits per heavy atom. The molecule has 1 aromatic heterocycles. The maximum Gasteiger partial charge on any atom is 0.228 e. The molecule has 1 fully saturated rings. The SMILES string of the molecule is C[C@@H](C(=O)NCC1(CO)CC1)c1ccc(Cl)s1. The van der Waals surface area contributed by atoms with Gasteiger partial charge < -0.3 is 10.4 Å². The van der Waals surface area contributed by atoms with Crippen molar-refractivity contribution < 1.29 is 9.90 Å². The van der Waals surface area contributed by atoms with Crippen LogP contribution >= 0.6 is 22.9 Å². The summed E-state index contributed by atoms with van der Waals surface area (Å²) in [6.07, 6.45) is 2.01. The van der Waals surface area contributed by atoms with Crippen LogP contribution in [0, 0.1) is 5.41 Å². The van der Waals surface area contributed by atoms with E-state index in [0.29, 0.717) is 10.9 Å². The van der Waals surface area contributed by atoms with Crippen LogP contribution in [0.2, 0.25) is 4.34 Å². The van der Waals surface area contributed by atoms with Crippen LogP contribution in [0.3, 0.4) is 0 Å². The zero-order chi connectivity index (χ0) is 12.5. The van der Waals surface area contributed by atoms with Gasteiger partial charge in [0.05, 0.1) is 16.9 Å². The minimum absolute atomic E-state index is 0.00300. The molecule has 5 heteroatoms. The molecule has 0 aliphatic heterocycles. The van der Waals surface area contributed by atoms with Crippen molar-refractivity contribution in [2.45, 2.75) is 25.7 Å². The second-order valence-corrected chi connectivity index (χ2v) is 6.49. The number of rotatable bonds is 5. The molecule has 17 heavy (non-hydrogen) atoms. The molecule has 0 saturated heterocycles. The highest BCUT2D eigenvalue weighted by atomic mass is 35.5. The predicted octanol–water partition coefficient (Wildman–Crippen LogP) is 2.39. The third-order valence-corrected chi connectivity index (χ3v) is 4.76. The van der Waals surface area contributed by atoms with Gasteiger partial charge >= 0.3 is 0 Å². The summed E-state index contributed by atoms with van der Waals surface area (Å²) in [6, 6.07) is 3.69. The first-order valence-electron chi connectivity index (χ1n) is 5.70. The number of amides is 1. The molecule has 1 heterocycles. The minimum atomic E-state index is -0.179. The highest BCUT2D eigenvalue weighted by Crippen LogP contribution is 2.44. The van der Waals surface area contributed by atoms with Gasteiger partial charge in [0.2, 0.25) is 5.91 Å². The largest absolute Gasteiger partial charge is 0.396 e. The van der Waals surface area contributed by atoms with E-state index in [1.807, 2.05) is 13.0 Å². The number of hydrogen-bond donors (Lipinski definition) is 2. The standard InChI is InChI=1S/C12H16ClNO2S/c1-8(9-2-3-10(13)17-9)11(16)14-6-12(7-15)4-5-12/h2-3,8,15H,4-7H2,1H3,(H,14,16)/t8-/m1/s1. The summed E-state index contributed by atoms with van der Waals surface area (Å²) in [4.78, 5) is 12.9. The van der Waals surface area contributed by atoms with Crippen molar-refractivity contribution in [2.75, 3.05) is 13.2 Å². The minimum Gasteiger partial charge on any atom is -0.396 e. The van der Waals surface area contributed by atoms with Crippen molar-refractivity contribution >= 4 is 28.8 Å². The number of carbonyl (C=O) groups excluding carboxylic acids is 1. The first-order chi connectivity index (χ1) is 8.06. The summed E-state index contributed by atoms with van der Waals surface area (Å²) < 4.78 is 0.702. The van der Waals surface area contributed by atoms with Gasteiger partial charge in [0.1, 0.15) is 0 Å². The molecule has 1 aliphatic rings. The molecular formula is C12H16ClNO2S. The van der Waals surface area contributed by atoms with Crippen LogP contribution in [-0.4, -0.2) is 24.2 Å². The van der Waals surface area contributed by atoms with E-state index < -0.39 is 0 Å². The molecule has 1 aliphatic carbocycles. The van der Waals surface area contributed by atoms with Gasteiger partial charge in [-0.05, 0) is 31.9 Å². The number of halogens is 1. The molecule has 2 N–H and O–H groups in total. The normalized spacial score (nSPS) is 18.8. The van der Waals surface area contributed by atoms with E-state index in [1.54, 1.807) is 6.07 Å². The lowest BCUT2D eigenvalue weighted by molar-refractivity contribution is -0.122. The smallest absolute Gasteiger partial charge is 0.228 e. The van der Waals surface area contributed by atoms with Gasteiger partial charge in [0.15, 0.2) is 0 Å². The second kappa shape index (κ2) is 4.96. The van der Waals surface area contributed by atoms with Gasteiger partial charge in [0, 0.05) is 16.8 Å². The van der Waals surface area contributed by atoms with Crippen LogP contribution in [0.4, 0.5) is 0 Å². The van der Waals surface area contributed by atoms with Crippen LogP contribution in [0.5, 0.6) is 0 Å². The lowest BCUT2D eigenvalue weighted by Gasteiger charge is -2.15. The van der Waals surface area contributed by atoms with Gasteiger partial charge in [-0.1, -0.05) is 11.6 Å². The molecule has 94 valence electrons. The van der Waals surface area contributed by atoms with E-state index in [9.17, 15) is 4.79 Å². The summed E-state index contributed by atoms with van der Waals surface area (Å²) >= 11 is 7.28. The van der Waals surface area contributed by atoms with Crippen LogP contribution in [0.25, 0.3) is 0 Å². The van der Waals surface area contributed by atoms with Gasteiger partial charge in [0.25, 0.3) is 0 Å². The number of aliphatic hydroxyl groups excluding tert-OH is 1. The van der Waals surface area contributed by atoms with E-state index in [0.717, 1.165) is 17.7 Å². The molecule has 0 aromatic carbocycles. The lowest BCUT2D eigenvalue weighted by atomic mass is 10.1. The summed E-state index contributed by atoms with van der Waals surface area (Å²) in [5.74, 6) is -0.176. The number of carbonyl (C=O) groups is 1. The topological polar surface area (TPSA) is 49.3 Å². The average molecular weight is 274 g/mol. The molecular weight excluding hydrogens is 258 g/mol. The molecule has 1 atom stereocenters. The average Bonchev–Trinajstić information content (AvgIpc) is 3.00. The third-order valence-electron chi connectivity index (χ3n) is 3.34. The number of aliphatic hydroxyl groups is 1. The van der Waals surface area contributed by atoms with Crippen LogP contribution in [0.15, 0.2) is 12.1 Å². The third kappa shape index (κ3) is 3.00. The lowest BCUT2D eigenvalue weighted by Crippen LogP contribution is -2.34. The van der Waals surface area contributed by atoms with Gasteiger partial charge in [-0.25, -0.2) is 0 Å². The van der Waals surface area contributed by atoms with Crippen LogP contribution in [0.1, 0.15) is 30.6 Å². The van der Waals surface area contributed by atoms with Crippen molar-refractivity contribution in [2.24, 2.45) is 5.41 Å². The van der Waals surface area contributed by atoms with Gasteiger partial charge in [-0.2, -0.15) is 0 Å². The summed E-state index contributed by atoms with van der Waals surface area (Å²) in [7, 11) is 0. The molecule has 3 nitrogen and oxygen atoms in total. The molecule has 2 rings (SSSR count). The monoisotopic (exact) mass is 273 g/mol. The van der Waals surface area contributed by atoms with Crippen molar-refractivity contribution in [3.63, 3.8) is 0 Å². The highest BCUT2D eigenvalue weighted by Gasteiger charge is 2.42. The quantitative estimate of drug-likeness (QED) is 0.865. The van der Waals surface area contributed by atoms with Gasteiger partial charge in [-0.3, -0.25) is 4.79 Å². The van der Waals surface area contributed by atoms with E-state index in [4.69, 9.17) is 16.7 Å². The molecule has 1 amide bonds. The molecule has 1 saturated carbocycles. The molecule has 0 unspecified atom stereocenters. The molecule has 0 radical (unpaired) electrons. The Kier molecular flexibility index (Phi) is 3.76. The molecule has 0 bridgehead atoms. The predicted molar refractivity (Wildman–Crippen MR) is 69.5 cm³/mol. The summed E-state index contributed by atoms with van der Waals surface area (Å²) in [5.41, 5.74) is -0.0392. The summed E-state index contributed by atoms with van der Waals surface area (Å²) in [6.45, 7) is 2.61. The number of hydrogen-bond acceptors (Lipinski definition) is 3. The van der Waals surface area contributed by atoms with Crippen molar-refractivity contribution in [1.29, 1.82) is 0 Å². The number of nitrogens with one attached hydrogen (secondary N) is 1. The zero-order valence-corrected chi connectivity index (χ0v) is 11.3. The van der Waals surface area contributed by atoms with Gasteiger partial charge in [-0.15, -0.1) is 11.3 Å². The van der Waals surface area contributed by atoms with Crippen LogP contribution < -0.4 is 5.32 Å². The van der Waals surface area contributed by atoms with Crippen molar-refractivity contribution in [3.05, 3.63) is 21.3 Å².